The molecule has 0 bridgehead atoms. The first kappa shape index (κ1) is 20.9. The molecule has 0 fully saturated rings. The second-order valence-electron chi connectivity index (χ2n) is 5.68. The molecule has 0 amide bonds. The number of ether oxygens (including phenoxy) is 2. The maximum Gasteiger partial charge on any atom is 0.333 e. The fourth-order valence-electron chi connectivity index (χ4n) is 1.69. The molecule has 0 saturated heterocycles. The van der Waals surface area contributed by atoms with Gasteiger partial charge in [-0.25, -0.2) is 9.59 Å². The highest BCUT2D eigenvalue weighted by Crippen LogP contribution is 2.03. The van der Waals surface area contributed by atoms with Crippen LogP contribution in [-0.4, -0.2) is 11.9 Å². The van der Waals surface area contributed by atoms with Crippen molar-refractivity contribution in [3.05, 3.63) is 96.1 Å². The van der Waals surface area contributed by atoms with E-state index in [0.29, 0.717) is 24.4 Å². The van der Waals surface area contributed by atoms with Crippen LogP contribution in [0.15, 0.2) is 85.0 Å². The lowest BCUT2D eigenvalue weighted by Crippen LogP contribution is -2.04. The van der Waals surface area contributed by atoms with Crippen LogP contribution in [0.2, 0.25) is 0 Å². The summed E-state index contributed by atoms with van der Waals surface area (Å²) in [5.41, 5.74) is 2.82. The number of carbonyl (C=O) groups excluding carboxylic acids is 2. The molecule has 26 heavy (non-hydrogen) atoms. The van der Waals surface area contributed by atoms with Crippen LogP contribution >= 0.6 is 0 Å². The Labute approximate surface area is 154 Å². The fourth-order valence-corrected chi connectivity index (χ4v) is 1.69. The Balaban J connectivity index is 0.000000260. The molecule has 0 atom stereocenters. The van der Waals surface area contributed by atoms with Gasteiger partial charge in [0.05, 0.1) is 0 Å². The van der Waals surface area contributed by atoms with E-state index in [4.69, 9.17) is 9.47 Å². The van der Waals surface area contributed by atoms with Crippen LogP contribution in [0.1, 0.15) is 25.0 Å². The van der Waals surface area contributed by atoms with Crippen molar-refractivity contribution in [1.82, 2.24) is 0 Å². The van der Waals surface area contributed by atoms with E-state index >= 15 is 0 Å². The molecule has 0 heterocycles. The molecule has 0 aromatic heterocycles. The van der Waals surface area contributed by atoms with Crippen molar-refractivity contribution in [1.29, 1.82) is 0 Å². The summed E-state index contributed by atoms with van der Waals surface area (Å²) in [6.07, 6.45) is 0. The number of benzene rings is 2. The maximum atomic E-state index is 11.0. The molecule has 2 aromatic rings. The van der Waals surface area contributed by atoms with Crippen molar-refractivity contribution in [2.75, 3.05) is 0 Å². The summed E-state index contributed by atoms with van der Waals surface area (Å²) in [6, 6.07) is 19.1. The lowest BCUT2D eigenvalue weighted by molar-refractivity contribution is -0.141. The largest absolute Gasteiger partial charge is 0.457 e. The van der Waals surface area contributed by atoms with Gasteiger partial charge >= 0.3 is 11.9 Å². The average Bonchev–Trinajstić information content (AvgIpc) is 2.66. The molecule has 136 valence electrons. The molecule has 0 saturated carbocycles. The van der Waals surface area contributed by atoms with Crippen LogP contribution in [0.5, 0.6) is 0 Å². The molecule has 0 aliphatic heterocycles. The zero-order valence-electron chi connectivity index (χ0n) is 15.2. The summed E-state index contributed by atoms with van der Waals surface area (Å²) in [5.74, 6) is -0.687. The van der Waals surface area contributed by atoms with Crippen molar-refractivity contribution in [3.8, 4) is 0 Å². The normalized spacial score (nSPS) is 9.31. The highest BCUT2D eigenvalue weighted by Gasteiger charge is 2.03. The summed E-state index contributed by atoms with van der Waals surface area (Å²) in [5, 5.41) is 0. The van der Waals surface area contributed by atoms with Gasteiger partial charge in [0.1, 0.15) is 13.2 Å². The first-order chi connectivity index (χ1) is 12.4. The summed E-state index contributed by atoms with van der Waals surface area (Å²) in [4.78, 5) is 22.0. The molecule has 0 radical (unpaired) electrons. The third-order valence-corrected chi connectivity index (χ3v) is 3.12. The van der Waals surface area contributed by atoms with Gasteiger partial charge in [-0.1, -0.05) is 73.8 Å². The molecule has 4 heteroatoms. The summed E-state index contributed by atoms with van der Waals surface area (Å²) >= 11 is 0. The second kappa shape index (κ2) is 11.4. The molecule has 0 aliphatic carbocycles. The Bertz CT molecular complexity index is 668. The highest BCUT2D eigenvalue weighted by molar-refractivity contribution is 5.87. The van der Waals surface area contributed by atoms with Gasteiger partial charge in [-0.3, -0.25) is 0 Å². The molecule has 0 aliphatic rings. The molecule has 2 rings (SSSR count). The van der Waals surface area contributed by atoms with Gasteiger partial charge in [0, 0.05) is 11.1 Å². The maximum absolute atomic E-state index is 11.0. The van der Waals surface area contributed by atoms with Crippen molar-refractivity contribution < 1.29 is 19.1 Å². The Hall–Kier alpha value is -3.14. The Morgan fingerprint density at radius 2 is 1.00 bits per heavy atom. The van der Waals surface area contributed by atoms with E-state index in [-0.39, 0.29) is 11.9 Å². The summed E-state index contributed by atoms with van der Waals surface area (Å²) in [6.45, 7) is 10.9. The molecule has 0 N–H and O–H groups in total. The zero-order valence-corrected chi connectivity index (χ0v) is 15.2. The van der Waals surface area contributed by atoms with Gasteiger partial charge in [0.15, 0.2) is 0 Å². The van der Waals surface area contributed by atoms with Crippen molar-refractivity contribution in [2.45, 2.75) is 27.1 Å². The van der Waals surface area contributed by atoms with E-state index in [0.717, 1.165) is 11.1 Å². The third-order valence-electron chi connectivity index (χ3n) is 3.12. The average molecular weight is 354 g/mol. The van der Waals surface area contributed by atoms with Gasteiger partial charge in [0.25, 0.3) is 0 Å². The van der Waals surface area contributed by atoms with Crippen LogP contribution in [0, 0.1) is 0 Å². The lowest BCUT2D eigenvalue weighted by atomic mass is 10.2. The van der Waals surface area contributed by atoms with Gasteiger partial charge in [-0.05, 0) is 25.0 Å². The van der Waals surface area contributed by atoms with Crippen LogP contribution in [0.4, 0.5) is 0 Å². The van der Waals surface area contributed by atoms with Crippen molar-refractivity contribution in [3.63, 3.8) is 0 Å². The van der Waals surface area contributed by atoms with Gasteiger partial charge in [-0.15, -0.1) is 0 Å². The van der Waals surface area contributed by atoms with E-state index in [9.17, 15) is 9.59 Å². The predicted octanol–water partition coefficient (Wildman–Crippen LogP) is 4.61. The first-order valence-corrected chi connectivity index (χ1v) is 8.13. The highest BCUT2D eigenvalue weighted by atomic mass is 16.6. The summed E-state index contributed by atoms with van der Waals surface area (Å²) < 4.78 is 9.90. The van der Waals surface area contributed by atoms with Crippen LogP contribution in [0.3, 0.4) is 0 Å². The Kier molecular flexibility index (Phi) is 9.18. The second-order valence-corrected chi connectivity index (χ2v) is 5.68. The minimum absolute atomic E-state index is 0.312. The number of esters is 2. The molecular formula is C22H24O4. The lowest BCUT2D eigenvalue weighted by Gasteiger charge is -2.03. The SMILES string of the molecule is C=C(C)[13C](=O)OCc1ccccc1.C=C(C)[13C](=O)OCc1ccccc1. The van der Waals surface area contributed by atoms with E-state index < -0.39 is 0 Å². The van der Waals surface area contributed by atoms with E-state index in [1.165, 1.54) is 0 Å². The number of hydrogen-bond acceptors (Lipinski definition) is 4. The monoisotopic (exact) mass is 354 g/mol. The molecule has 2 aromatic carbocycles. The van der Waals surface area contributed by atoms with Crippen molar-refractivity contribution in [2.24, 2.45) is 0 Å². The number of rotatable bonds is 6. The molecule has 0 spiro atoms. The first-order valence-electron chi connectivity index (χ1n) is 8.13. The Morgan fingerprint density at radius 3 is 1.27 bits per heavy atom. The van der Waals surface area contributed by atoms with Crippen LogP contribution in [0.25, 0.3) is 0 Å². The van der Waals surface area contributed by atoms with E-state index in [2.05, 4.69) is 13.2 Å². The van der Waals surface area contributed by atoms with Gasteiger partial charge < -0.3 is 9.47 Å². The predicted molar refractivity (Wildman–Crippen MR) is 102 cm³/mol. The third kappa shape index (κ3) is 8.64. The number of carbonyl (C=O) groups is 2. The Morgan fingerprint density at radius 1 is 0.692 bits per heavy atom. The van der Waals surface area contributed by atoms with Gasteiger partial charge in [0.2, 0.25) is 0 Å². The molecule has 4 nitrogen and oxygen atoms in total. The smallest absolute Gasteiger partial charge is 0.333 e. The van der Waals surface area contributed by atoms with Crippen molar-refractivity contribution >= 4 is 11.9 Å². The van der Waals surface area contributed by atoms with Gasteiger partial charge in [-0.2, -0.15) is 0 Å². The minimum Gasteiger partial charge on any atom is -0.457 e. The standard InChI is InChI=1S/2C11H12O2/c2*1-9(2)11(12)13-8-10-6-4-3-5-7-10/h2*3-7H,1,8H2,2H3/i2*11+1. The molecule has 0 unspecified atom stereocenters. The minimum atomic E-state index is -0.344. The van der Waals surface area contributed by atoms with Crippen LogP contribution < -0.4 is 0 Å². The number of hydrogen-bond donors (Lipinski definition) is 0. The zero-order chi connectivity index (χ0) is 19.4. The van der Waals surface area contributed by atoms with E-state index in [1.807, 2.05) is 60.7 Å². The van der Waals surface area contributed by atoms with E-state index in [1.54, 1.807) is 13.8 Å². The summed E-state index contributed by atoms with van der Waals surface area (Å²) in [7, 11) is 0. The van der Waals surface area contributed by atoms with Crippen LogP contribution in [-0.2, 0) is 32.3 Å². The topological polar surface area (TPSA) is 52.6 Å². The fraction of sp³-hybridized carbons (Fsp3) is 0.182. The quantitative estimate of drug-likeness (QED) is 0.432. The molecular weight excluding hydrogens is 330 g/mol.